The zero-order valence-corrected chi connectivity index (χ0v) is 17.2. The molecule has 2 aromatic carbocycles. The molecule has 2 aromatic rings. The summed E-state index contributed by atoms with van der Waals surface area (Å²) in [5.41, 5.74) is 2.26. The van der Waals surface area contributed by atoms with Gasteiger partial charge in [-0.05, 0) is 23.8 Å². The average molecular weight is 417 g/mol. The number of hydrogen-bond acceptors (Lipinski definition) is 6. The quantitative estimate of drug-likeness (QED) is 0.751. The molecule has 154 valence electrons. The number of benzene rings is 2. The van der Waals surface area contributed by atoms with E-state index < -0.39 is 16.1 Å². The number of phenols is 1. The van der Waals surface area contributed by atoms with Crippen molar-refractivity contribution in [3.8, 4) is 11.5 Å². The van der Waals surface area contributed by atoms with Crippen molar-refractivity contribution in [3.05, 3.63) is 53.6 Å². The van der Waals surface area contributed by atoms with E-state index in [2.05, 4.69) is 9.82 Å². The molecule has 1 atom stereocenters. The molecule has 0 saturated heterocycles. The van der Waals surface area contributed by atoms with Gasteiger partial charge in [0.05, 0.1) is 25.1 Å². The Bertz CT molecular complexity index is 1070. The van der Waals surface area contributed by atoms with Crippen LogP contribution in [0.1, 0.15) is 36.9 Å². The molecule has 29 heavy (non-hydrogen) atoms. The first-order chi connectivity index (χ1) is 13.7. The topological polar surface area (TPSA) is 108 Å². The Labute approximate surface area is 169 Å². The molecule has 0 bridgehead atoms. The summed E-state index contributed by atoms with van der Waals surface area (Å²) in [6.45, 7) is 1.75. The van der Waals surface area contributed by atoms with Gasteiger partial charge in [-0.3, -0.25) is 9.52 Å². The molecule has 0 saturated carbocycles. The SMILES string of the molecule is CCC(=O)N1N=C(c2cccc(NS(C)(=O)=O)c2)C[C@@H]1c1cccc(OC)c1O. The first-order valence-electron chi connectivity index (χ1n) is 9.07. The lowest BCUT2D eigenvalue weighted by atomic mass is 9.97. The second-order valence-electron chi connectivity index (χ2n) is 6.71. The fraction of sp³-hybridized carbons (Fsp3) is 0.300. The van der Waals surface area contributed by atoms with Gasteiger partial charge in [-0.15, -0.1) is 0 Å². The number of methoxy groups -OCH3 is 1. The van der Waals surface area contributed by atoms with Gasteiger partial charge in [0.25, 0.3) is 0 Å². The molecular weight excluding hydrogens is 394 g/mol. The number of phenolic OH excluding ortho intramolecular Hbond substituents is 1. The van der Waals surface area contributed by atoms with Crippen molar-refractivity contribution < 1.29 is 23.1 Å². The Kier molecular flexibility index (Phi) is 5.78. The van der Waals surface area contributed by atoms with E-state index in [1.54, 1.807) is 49.4 Å². The van der Waals surface area contributed by atoms with E-state index in [0.29, 0.717) is 34.7 Å². The number of carbonyl (C=O) groups excluding carboxylic acids is 1. The maximum absolute atomic E-state index is 12.5. The average Bonchev–Trinajstić information content (AvgIpc) is 3.11. The van der Waals surface area contributed by atoms with Crippen molar-refractivity contribution in [2.45, 2.75) is 25.8 Å². The van der Waals surface area contributed by atoms with Crippen LogP contribution in [0.4, 0.5) is 5.69 Å². The number of nitrogens with one attached hydrogen (secondary N) is 1. The van der Waals surface area contributed by atoms with Crippen molar-refractivity contribution >= 4 is 27.3 Å². The third-order valence-electron chi connectivity index (χ3n) is 4.58. The fourth-order valence-electron chi connectivity index (χ4n) is 3.27. The van der Waals surface area contributed by atoms with Gasteiger partial charge in [0, 0.05) is 24.1 Å². The summed E-state index contributed by atoms with van der Waals surface area (Å²) in [6.07, 6.45) is 1.71. The van der Waals surface area contributed by atoms with Crippen LogP contribution in [-0.2, 0) is 14.8 Å². The summed E-state index contributed by atoms with van der Waals surface area (Å²) in [5, 5.41) is 16.4. The van der Waals surface area contributed by atoms with Crippen molar-refractivity contribution in [2.75, 3.05) is 18.1 Å². The molecule has 3 rings (SSSR count). The number of ether oxygens (including phenoxy) is 1. The van der Waals surface area contributed by atoms with Gasteiger partial charge in [-0.2, -0.15) is 5.10 Å². The highest BCUT2D eigenvalue weighted by atomic mass is 32.2. The second kappa shape index (κ2) is 8.12. The fourth-order valence-corrected chi connectivity index (χ4v) is 3.82. The number of anilines is 1. The third-order valence-corrected chi connectivity index (χ3v) is 5.18. The summed E-state index contributed by atoms with van der Waals surface area (Å²) in [5.74, 6) is 0.106. The summed E-state index contributed by atoms with van der Waals surface area (Å²) >= 11 is 0. The van der Waals surface area contributed by atoms with Gasteiger partial charge in [0.1, 0.15) is 0 Å². The maximum Gasteiger partial charge on any atom is 0.242 e. The number of sulfonamides is 1. The monoisotopic (exact) mass is 417 g/mol. The molecule has 0 radical (unpaired) electrons. The van der Waals surface area contributed by atoms with E-state index in [1.807, 2.05) is 0 Å². The Morgan fingerprint density at radius 1 is 1.31 bits per heavy atom. The Morgan fingerprint density at radius 3 is 2.69 bits per heavy atom. The van der Waals surface area contributed by atoms with Crippen molar-refractivity contribution in [2.24, 2.45) is 5.10 Å². The number of amides is 1. The molecule has 8 nitrogen and oxygen atoms in total. The molecule has 2 N–H and O–H groups in total. The molecule has 0 unspecified atom stereocenters. The van der Waals surface area contributed by atoms with Crippen LogP contribution in [0.25, 0.3) is 0 Å². The highest BCUT2D eigenvalue weighted by Crippen LogP contribution is 2.41. The van der Waals surface area contributed by atoms with Crippen LogP contribution in [0.2, 0.25) is 0 Å². The number of rotatable bonds is 6. The zero-order valence-electron chi connectivity index (χ0n) is 16.4. The van der Waals surface area contributed by atoms with Crippen LogP contribution in [0.15, 0.2) is 47.6 Å². The van der Waals surface area contributed by atoms with E-state index in [9.17, 15) is 18.3 Å². The van der Waals surface area contributed by atoms with Crippen LogP contribution in [0, 0.1) is 0 Å². The van der Waals surface area contributed by atoms with E-state index in [1.165, 1.54) is 12.1 Å². The number of para-hydroxylation sites is 1. The smallest absolute Gasteiger partial charge is 0.242 e. The molecule has 0 aromatic heterocycles. The van der Waals surface area contributed by atoms with Gasteiger partial charge >= 0.3 is 0 Å². The maximum atomic E-state index is 12.5. The van der Waals surface area contributed by atoms with E-state index in [-0.39, 0.29) is 18.1 Å². The Hall–Kier alpha value is -3.07. The number of hydrogen-bond donors (Lipinski definition) is 2. The second-order valence-corrected chi connectivity index (χ2v) is 8.46. The third kappa shape index (κ3) is 4.51. The summed E-state index contributed by atoms with van der Waals surface area (Å²) in [7, 11) is -1.95. The summed E-state index contributed by atoms with van der Waals surface area (Å²) in [6, 6.07) is 11.5. The number of carbonyl (C=O) groups is 1. The van der Waals surface area contributed by atoms with E-state index in [4.69, 9.17) is 4.74 Å². The lowest BCUT2D eigenvalue weighted by molar-refractivity contribution is -0.132. The minimum Gasteiger partial charge on any atom is -0.504 e. The van der Waals surface area contributed by atoms with Gasteiger partial charge < -0.3 is 9.84 Å². The zero-order chi connectivity index (χ0) is 21.2. The molecule has 0 spiro atoms. The van der Waals surface area contributed by atoms with Crippen molar-refractivity contribution in [1.82, 2.24) is 5.01 Å². The van der Waals surface area contributed by atoms with Gasteiger partial charge in [0.15, 0.2) is 11.5 Å². The van der Waals surface area contributed by atoms with Crippen LogP contribution in [-0.4, -0.2) is 43.5 Å². The number of nitrogens with zero attached hydrogens (tertiary/aromatic N) is 2. The predicted molar refractivity (Wildman–Crippen MR) is 111 cm³/mol. The normalized spacial score (nSPS) is 16.4. The minimum atomic E-state index is -3.41. The highest BCUT2D eigenvalue weighted by molar-refractivity contribution is 7.92. The van der Waals surface area contributed by atoms with Crippen LogP contribution < -0.4 is 9.46 Å². The molecule has 1 aliphatic heterocycles. The highest BCUT2D eigenvalue weighted by Gasteiger charge is 2.34. The molecule has 9 heteroatoms. The van der Waals surface area contributed by atoms with E-state index >= 15 is 0 Å². The molecule has 0 fully saturated rings. The lowest BCUT2D eigenvalue weighted by Crippen LogP contribution is -2.26. The molecular formula is C20H23N3O5S. The van der Waals surface area contributed by atoms with Crippen LogP contribution in [0.3, 0.4) is 0 Å². The molecule has 1 aliphatic rings. The lowest BCUT2D eigenvalue weighted by Gasteiger charge is -2.22. The Balaban J connectivity index is 1.99. The Morgan fingerprint density at radius 2 is 2.03 bits per heavy atom. The van der Waals surface area contributed by atoms with E-state index in [0.717, 1.165) is 6.26 Å². The van der Waals surface area contributed by atoms with Crippen LogP contribution >= 0.6 is 0 Å². The summed E-state index contributed by atoms with van der Waals surface area (Å²) < 4.78 is 30.7. The van der Waals surface area contributed by atoms with Crippen molar-refractivity contribution in [3.63, 3.8) is 0 Å². The standard InChI is InChI=1S/C20H23N3O5S/c1-4-19(24)23-17(15-9-6-10-18(28-2)20(15)25)12-16(21-23)13-7-5-8-14(11-13)22-29(3,26)27/h5-11,17,22,25H,4,12H2,1-3H3/t17-/m1/s1. The van der Waals surface area contributed by atoms with Crippen LogP contribution in [0.5, 0.6) is 11.5 Å². The first-order valence-corrected chi connectivity index (χ1v) is 11.0. The van der Waals surface area contributed by atoms with Crippen molar-refractivity contribution in [1.29, 1.82) is 0 Å². The first kappa shape index (κ1) is 20.7. The number of hydrazone groups is 1. The number of aromatic hydroxyl groups is 1. The van der Waals surface area contributed by atoms with Gasteiger partial charge in [0.2, 0.25) is 15.9 Å². The van der Waals surface area contributed by atoms with Gasteiger partial charge in [-0.1, -0.05) is 31.2 Å². The molecule has 0 aliphatic carbocycles. The minimum absolute atomic E-state index is 0.0298. The summed E-state index contributed by atoms with van der Waals surface area (Å²) in [4.78, 5) is 12.5. The van der Waals surface area contributed by atoms with Gasteiger partial charge in [-0.25, -0.2) is 13.4 Å². The molecule has 1 amide bonds. The largest absolute Gasteiger partial charge is 0.504 e. The predicted octanol–water partition coefficient (Wildman–Crippen LogP) is 2.86. The molecule has 1 heterocycles.